The summed E-state index contributed by atoms with van der Waals surface area (Å²) in [6, 6.07) is 0. The van der Waals surface area contributed by atoms with Gasteiger partial charge in [-0.2, -0.15) is 0 Å². The Kier molecular flexibility index (Phi) is 6.28. The number of halogens is 1. The predicted octanol–water partition coefficient (Wildman–Crippen LogP) is 3.27. The molecule has 2 heterocycles. The molecule has 2 aliphatic heterocycles. The molecule has 0 bridgehead atoms. The molecule has 0 aromatic carbocycles. The van der Waals surface area contributed by atoms with Crippen LogP contribution in [0.1, 0.15) is 41.0 Å². The smallest absolute Gasteiger partial charge is 0.312 e. The van der Waals surface area contributed by atoms with Crippen molar-refractivity contribution in [2.45, 2.75) is 58.5 Å². The highest BCUT2D eigenvalue weighted by molar-refractivity contribution is 6.45. The van der Waals surface area contributed by atoms with Crippen molar-refractivity contribution in [2.75, 3.05) is 0 Å². The minimum absolute atomic E-state index is 0.110. The summed E-state index contributed by atoms with van der Waals surface area (Å²) in [7, 11) is 0. The maximum atomic E-state index is 13.3. The highest BCUT2D eigenvalue weighted by Crippen LogP contribution is 2.58. The number of carboxylic acid groups (broad SMARTS) is 1. The monoisotopic (exact) mass is 452 g/mol. The molecule has 3 N–H and O–H groups in total. The van der Waals surface area contributed by atoms with E-state index in [4.69, 9.17) is 21.1 Å². The van der Waals surface area contributed by atoms with Crippen LogP contribution in [-0.2, 0) is 19.1 Å². The van der Waals surface area contributed by atoms with E-state index in [1.807, 2.05) is 6.08 Å². The van der Waals surface area contributed by atoms with Gasteiger partial charge in [-0.15, -0.1) is 0 Å². The van der Waals surface area contributed by atoms with Gasteiger partial charge >= 0.3 is 5.97 Å². The van der Waals surface area contributed by atoms with E-state index in [-0.39, 0.29) is 5.03 Å². The van der Waals surface area contributed by atoms with Crippen molar-refractivity contribution in [3.63, 3.8) is 0 Å². The maximum Gasteiger partial charge on any atom is 0.312 e. The van der Waals surface area contributed by atoms with Crippen molar-refractivity contribution < 1.29 is 34.4 Å². The number of carboxylic acids is 1. The summed E-state index contributed by atoms with van der Waals surface area (Å²) in [4.78, 5) is 25.6. The number of aliphatic carboxylic acids is 1. The molecule has 1 fully saturated rings. The summed E-state index contributed by atoms with van der Waals surface area (Å²) < 4.78 is 11.5. The lowest BCUT2D eigenvalue weighted by molar-refractivity contribution is -0.268. The first-order valence-corrected chi connectivity index (χ1v) is 10.8. The van der Waals surface area contributed by atoms with Gasteiger partial charge in [0.05, 0.1) is 17.4 Å². The van der Waals surface area contributed by atoms with Crippen LogP contribution in [-0.4, -0.2) is 44.6 Å². The molecule has 0 spiro atoms. The Labute approximate surface area is 186 Å². The van der Waals surface area contributed by atoms with Crippen LogP contribution in [0.25, 0.3) is 0 Å². The van der Waals surface area contributed by atoms with E-state index in [1.165, 1.54) is 27.0 Å². The summed E-state index contributed by atoms with van der Waals surface area (Å²) >= 11 is 6.42. The number of rotatable bonds is 6. The Bertz CT molecular complexity index is 915. The fraction of sp³-hybridized carbons (Fsp3) is 0.565. The first-order valence-electron chi connectivity index (χ1n) is 10.4. The molecule has 170 valence electrons. The van der Waals surface area contributed by atoms with Crippen LogP contribution in [0.4, 0.5) is 0 Å². The number of hydrogen-bond donors (Lipinski definition) is 3. The predicted molar refractivity (Wildman–Crippen MR) is 114 cm³/mol. The number of aliphatic hydroxyl groups excluding tert-OH is 1. The second-order valence-corrected chi connectivity index (χ2v) is 9.20. The fourth-order valence-corrected chi connectivity index (χ4v) is 4.79. The summed E-state index contributed by atoms with van der Waals surface area (Å²) in [6.45, 7) is 8.44. The molecule has 0 radical (unpaired) electrons. The quantitative estimate of drug-likeness (QED) is 0.566. The van der Waals surface area contributed by atoms with Gasteiger partial charge in [0, 0.05) is 23.0 Å². The van der Waals surface area contributed by atoms with Crippen LogP contribution in [0.2, 0.25) is 0 Å². The molecule has 0 amide bonds. The molecule has 0 aromatic heterocycles. The highest BCUT2D eigenvalue weighted by atomic mass is 35.5. The molecule has 7 atom stereocenters. The summed E-state index contributed by atoms with van der Waals surface area (Å²) in [5.41, 5.74) is -1.00. The molecule has 0 aromatic rings. The minimum atomic E-state index is -2.29. The molecular formula is C23H29ClO7. The van der Waals surface area contributed by atoms with Gasteiger partial charge in [0.2, 0.25) is 5.78 Å². The van der Waals surface area contributed by atoms with Gasteiger partial charge in [-0.3, -0.25) is 9.59 Å². The van der Waals surface area contributed by atoms with Crippen molar-refractivity contribution in [1.29, 1.82) is 0 Å². The molecule has 7 nitrogen and oxygen atoms in total. The van der Waals surface area contributed by atoms with E-state index in [2.05, 4.69) is 13.8 Å². The van der Waals surface area contributed by atoms with Crippen LogP contribution in [0.15, 0.2) is 46.4 Å². The number of hydrogen-bond acceptors (Lipinski definition) is 6. The van der Waals surface area contributed by atoms with Crippen LogP contribution < -0.4 is 0 Å². The van der Waals surface area contributed by atoms with Crippen LogP contribution >= 0.6 is 11.6 Å². The lowest BCUT2D eigenvalue weighted by Crippen LogP contribution is -2.50. The molecule has 31 heavy (non-hydrogen) atoms. The lowest BCUT2D eigenvalue weighted by Gasteiger charge is -2.37. The fourth-order valence-electron chi connectivity index (χ4n) is 4.44. The van der Waals surface area contributed by atoms with Gasteiger partial charge < -0.3 is 24.8 Å². The molecule has 0 saturated carbocycles. The van der Waals surface area contributed by atoms with E-state index in [0.717, 1.165) is 6.42 Å². The number of fused-ring (bicyclic) bond motifs is 3. The molecular weight excluding hydrogens is 424 g/mol. The molecule has 1 saturated heterocycles. The Balaban J connectivity index is 2.12. The maximum absolute atomic E-state index is 13.3. The first-order chi connectivity index (χ1) is 14.4. The Morgan fingerprint density at radius 3 is 2.55 bits per heavy atom. The molecule has 3 aliphatic rings. The number of ketones is 1. The van der Waals surface area contributed by atoms with Crippen LogP contribution in [0, 0.1) is 23.7 Å². The van der Waals surface area contributed by atoms with Crippen molar-refractivity contribution in [3.05, 3.63) is 46.4 Å². The average Bonchev–Trinajstić information content (AvgIpc) is 2.98. The van der Waals surface area contributed by atoms with Crippen molar-refractivity contribution in [1.82, 2.24) is 0 Å². The Morgan fingerprint density at radius 1 is 1.35 bits per heavy atom. The van der Waals surface area contributed by atoms with E-state index < -0.39 is 47.0 Å². The number of allylic oxidation sites excluding steroid dienone is 4. The molecule has 1 aliphatic carbocycles. The van der Waals surface area contributed by atoms with Gasteiger partial charge in [0.25, 0.3) is 0 Å². The van der Waals surface area contributed by atoms with Gasteiger partial charge in [-0.25, -0.2) is 0 Å². The normalized spacial score (nSPS) is 35.7. The third-order valence-corrected chi connectivity index (χ3v) is 7.14. The van der Waals surface area contributed by atoms with Gasteiger partial charge in [0.1, 0.15) is 17.3 Å². The number of ether oxygens (including phenoxy) is 2. The summed E-state index contributed by atoms with van der Waals surface area (Å²) in [5.74, 6) is -7.03. The molecule has 8 heteroatoms. The second kappa shape index (κ2) is 8.20. The largest absolute Gasteiger partial charge is 0.481 e. The number of carbonyl (C=O) groups excluding carboxylic acids is 1. The SMILES string of the molecule is CC[C@@H](C)/C=C/C1=CC2=C(Cl)C(=O)[C@]3(C)O[C@@](O)([C@H](C)[C@H](C)O)[C@H](C(=O)O)[C@@H]3C2=CO1. The van der Waals surface area contributed by atoms with E-state index in [0.29, 0.717) is 22.8 Å². The second-order valence-electron chi connectivity index (χ2n) is 8.82. The Hall–Kier alpha value is -1.93. The first kappa shape index (κ1) is 23.7. The van der Waals surface area contributed by atoms with E-state index in [1.54, 1.807) is 12.2 Å². The average molecular weight is 453 g/mol. The standard InChI is InChI=1S/C23H29ClO7/c1-6-11(2)7-8-14-9-15-16(10-30-14)17-18(21(27)28)23(29,12(3)13(4)25)31-22(17,5)20(26)19(15)24/h7-13,17-18,25,29H,6H2,1-5H3,(H,27,28)/b8-7+/t11-,12-,13+,17+,18+,22-,23+/m1/s1. The topological polar surface area (TPSA) is 113 Å². The molecule has 3 rings (SSSR count). The molecule has 0 unspecified atom stereocenters. The van der Waals surface area contributed by atoms with Gasteiger partial charge in [0.15, 0.2) is 5.79 Å². The summed E-state index contributed by atoms with van der Waals surface area (Å²) in [5, 5.41) is 31.3. The van der Waals surface area contributed by atoms with E-state index in [9.17, 15) is 24.9 Å². The third-order valence-electron chi connectivity index (χ3n) is 6.76. The minimum Gasteiger partial charge on any atom is -0.481 e. The summed E-state index contributed by atoms with van der Waals surface area (Å²) in [6.07, 6.45) is 6.59. The number of carbonyl (C=O) groups is 2. The van der Waals surface area contributed by atoms with Crippen LogP contribution in [0.5, 0.6) is 0 Å². The zero-order valence-electron chi connectivity index (χ0n) is 18.3. The van der Waals surface area contributed by atoms with E-state index >= 15 is 0 Å². The van der Waals surface area contributed by atoms with Gasteiger partial charge in [-0.1, -0.05) is 44.9 Å². The third kappa shape index (κ3) is 3.67. The zero-order valence-corrected chi connectivity index (χ0v) is 19.0. The van der Waals surface area contributed by atoms with Crippen molar-refractivity contribution in [3.8, 4) is 0 Å². The highest BCUT2D eigenvalue weighted by Gasteiger charge is 2.70. The van der Waals surface area contributed by atoms with Crippen molar-refractivity contribution in [2.24, 2.45) is 23.7 Å². The number of Topliss-reactive ketones (excluding diaryl/α,β-unsaturated/α-hetero) is 1. The zero-order chi connectivity index (χ0) is 23.3. The van der Waals surface area contributed by atoms with Crippen molar-refractivity contribution >= 4 is 23.4 Å². The number of aliphatic hydroxyl groups is 2. The lowest BCUT2D eigenvalue weighted by atomic mass is 9.66. The Morgan fingerprint density at radius 2 is 2.00 bits per heavy atom. The van der Waals surface area contributed by atoms with Gasteiger partial charge in [-0.05, 0) is 31.9 Å². The van der Waals surface area contributed by atoms with Crippen LogP contribution in [0.3, 0.4) is 0 Å².